The zero-order valence-electron chi connectivity index (χ0n) is 11.2. The summed E-state index contributed by atoms with van der Waals surface area (Å²) >= 11 is 0. The lowest BCUT2D eigenvalue weighted by molar-refractivity contribution is -0.143. The van der Waals surface area contributed by atoms with Gasteiger partial charge in [0.2, 0.25) is 0 Å². The van der Waals surface area contributed by atoms with Gasteiger partial charge in [0.15, 0.2) is 0 Å². The van der Waals surface area contributed by atoms with Crippen LogP contribution in [0.15, 0.2) is 12.4 Å². The van der Waals surface area contributed by atoms with Crippen LogP contribution in [0.3, 0.4) is 0 Å². The quantitative estimate of drug-likeness (QED) is 0.874. The van der Waals surface area contributed by atoms with Crippen molar-refractivity contribution in [2.24, 2.45) is 24.8 Å². The molecule has 0 bridgehead atoms. The molecule has 1 aliphatic heterocycles. The van der Waals surface area contributed by atoms with Gasteiger partial charge in [-0.3, -0.25) is 9.69 Å². The van der Waals surface area contributed by atoms with Crippen molar-refractivity contribution in [3.63, 3.8) is 0 Å². The predicted molar refractivity (Wildman–Crippen MR) is 67.9 cm³/mol. The first-order valence-electron chi connectivity index (χ1n) is 6.40. The highest BCUT2D eigenvalue weighted by Crippen LogP contribution is 2.30. The van der Waals surface area contributed by atoms with E-state index in [-0.39, 0.29) is 11.8 Å². The van der Waals surface area contributed by atoms with Crippen LogP contribution in [0.2, 0.25) is 0 Å². The number of rotatable bonds is 4. The van der Waals surface area contributed by atoms with E-state index in [1.54, 1.807) is 6.20 Å². The molecule has 1 aromatic rings. The summed E-state index contributed by atoms with van der Waals surface area (Å²) in [6.45, 7) is 6.42. The number of aromatic nitrogens is 2. The summed E-state index contributed by atoms with van der Waals surface area (Å²) < 4.78 is 1.98. The van der Waals surface area contributed by atoms with Gasteiger partial charge in [0.1, 0.15) is 5.82 Å². The fraction of sp³-hybridized carbons (Fsp3) is 0.692. The number of hydrogen-bond donors (Lipinski definition) is 1. The maximum atomic E-state index is 11.3. The lowest BCUT2D eigenvalue weighted by Crippen LogP contribution is -2.25. The van der Waals surface area contributed by atoms with Gasteiger partial charge >= 0.3 is 5.97 Å². The molecule has 1 N–H and O–H groups in total. The Balaban J connectivity index is 2.05. The summed E-state index contributed by atoms with van der Waals surface area (Å²) in [7, 11) is 1.97. The van der Waals surface area contributed by atoms with Crippen molar-refractivity contribution in [1.82, 2.24) is 14.5 Å². The maximum absolute atomic E-state index is 11.3. The SMILES string of the molecule is CC(C)[C@@H]1CN(Cc2nccn2C)C[C@H]1C(=O)O. The second kappa shape index (κ2) is 5.10. The van der Waals surface area contributed by atoms with Gasteiger partial charge in [-0.05, 0) is 11.8 Å². The van der Waals surface area contributed by atoms with Gasteiger partial charge in [0.25, 0.3) is 0 Å². The van der Waals surface area contributed by atoms with Gasteiger partial charge in [-0.2, -0.15) is 0 Å². The van der Waals surface area contributed by atoms with Gasteiger partial charge in [-0.1, -0.05) is 13.8 Å². The van der Waals surface area contributed by atoms with Crippen LogP contribution < -0.4 is 0 Å². The number of aliphatic carboxylic acids is 1. The van der Waals surface area contributed by atoms with Gasteiger partial charge in [0, 0.05) is 32.5 Å². The third-order valence-corrected chi connectivity index (χ3v) is 3.90. The lowest BCUT2D eigenvalue weighted by atomic mass is 9.86. The molecule has 0 aliphatic carbocycles. The first-order chi connectivity index (χ1) is 8.49. The number of aryl methyl sites for hydroxylation is 1. The van der Waals surface area contributed by atoms with E-state index in [9.17, 15) is 9.90 Å². The highest BCUT2D eigenvalue weighted by Gasteiger charge is 2.39. The van der Waals surface area contributed by atoms with Crippen LogP contribution in [-0.2, 0) is 18.4 Å². The molecule has 2 atom stereocenters. The Labute approximate surface area is 107 Å². The topological polar surface area (TPSA) is 58.4 Å². The first kappa shape index (κ1) is 13.1. The molecule has 1 aromatic heterocycles. The number of carbonyl (C=O) groups is 1. The van der Waals surface area contributed by atoms with Crippen molar-refractivity contribution in [2.45, 2.75) is 20.4 Å². The zero-order valence-corrected chi connectivity index (χ0v) is 11.2. The van der Waals surface area contributed by atoms with E-state index in [1.165, 1.54) is 0 Å². The summed E-state index contributed by atoms with van der Waals surface area (Å²) in [5, 5.41) is 9.28. The molecule has 0 saturated carbocycles. The molecular formula is C13H21N3O2. The average Bonchev–Trinajstić information content (AvgIpc) is 2.87. The van der Waals surface area contributed by atoms with Gasteiger partial charge < -0.3 is 9.67 Å². The molecule has 100 valence electrons. The summed E-state index contributed by atoms with van der Waals surface area (Å²) in [6, 6.07) is 0. The van der Waals surface area contributed by atoms with Crippen LogP contribution in [0, 0.1) is 17.8 Å². The minimum absolute atomic E-state index is 0.239. The fourth-order valence-electron chi connectivity index (χ4n) is 2.73. The molecule has 1 fully saturated rings. The first-order valence-corrected chi connectivity index (χ1v) is 6.40. The molecule has 2 heterocycles. The number of carboxylic acids is 1. The summed E-state index contributed by atoms with van der Waals surface area (Å²) in [5.41, 5.74) is 0. The van der Waals surface area contributed by atoms with E-state index in [1.807, 2.05) is 17.8 Å². The summed E-state index contributed by atoms with van der Waals surface area (Å²) in [5.74, 6) is 0.713. The molecule has 0 spiro atoms. The van der Waals surface area contributed by atoms with E-state index < -0.39 is 5.97 Å². The predicted octanol–water partition coefficient (Wildman–Crippen LogP) is 1.21. The minimum Gasteiger partial charge on any atom is -0.481 e. The highest BCUT2D eigenvalue weighted by molar-refractivity contribution is 5.71. The number of nitrogens with zero attached hydrogens (tertiary/aromatic N) is 3. The minimum atomic E-state index is -0.670. The molecule has 1 aliphatic rings. The van der Waals surface area contributed by atoms with Crippen molar-refractivity contribution < 1.29 is 9.90 Å². The lowest BCUT2D eigenvalue weighted by Gasteiger charge is -2.18. The highest BCUT2D eigenvalue weighted by atomic mass is 16.4. The normalized spacial score (nSPS) is 24.9. The van der Waals surface area contributed by atoms with E-state index >= 15 is 0 Å². The molecule has 18 heavy (non-hydrogen) atoms. The van der Waals surface area contributed by atoms with Crippen molar-refractivity contribution in [3.8, 4) is 0 Å². The van der Waals surface area contributed by atoms with Gasteiger partial charge in [-0.15, -0.1) is 0 Å². The Morgan fingerprint density at radius 1 is 1.56 bits per heavy atom. The Morgan fingerprint density at radius 2 is 2.28 bits per heavy atom. The Kier molecular flexibility index (Phi) is 3.71. The standard InChI is InChI=1S/C13H21N3O2/c1-9(2)10-6-16(7-11(10)13(17)18)8-12-14-4-5-15(12)3/h4-5,9-11H,6-8H2,1-3H3,(H,17,18)/t10-,11+/m0/s1. The second-order valence-electron chi connectivity index (χ2n) is 5.50. The van der Waals surface area contributed by atoms with Crippen LogP contribution in [0.4, 0.5) is 0 Å². The molecule has 0 unspecified atom stereocenters. The van der Waals surface area contributed by atoms with Gasteiger partial charge in [0.05, 0.1) is 12.5 Å². The molecule has 2 rings (SSSR count). The van der Waals surface area contributed by atoms with Crippen LogP contribution >= 0.6 is 0 Å². The molecule has 0 aromatic carbocycles. The summed E-state index contributed by atoms with van der Waals surface area (Å²) in [6.07, 6.45) is 3.69. The Bertz CT molecular complexity index is 428. The fourth-order valence-corrected chi connectivity index (χ4v) is 2.73. The van der Waals surface area contributed by atoms with Crippen molar-refractivity contribution in [1.29, 1.82) is 0 Å². The van der Waals surface area contributed by atoms with E-state index in [0.717, 1.165) is 18.9 Å². The van der Waals surface area contributed by atoms with Crippen LogP contribution in [0.5, 0.6) is 0 Å². The van der Waals surface area contributed by atoms with E-state index in [0.29, 0.717) is 12.5 Å². The molecular weight excluding hydrogens is 230 g/mol. The molecule has 5 heteroatoms. The Morgan fingerprint density at radius 3 is 2.72 bits per heavy atom. The van der Waals surface area contributed by atoms with Crippen molar-refractivity contribution >= 4 is 5.97 Å². The maximum Gasteiger partial charge on any atom is 0.308 e. The molecule has 0 radical (unpaired) electrons. The average molecular weight is 251 g/mol. The van der Waals surface area contributed by atoms with Crippen LogP contribution in [0.25, 0.3) is 0 Å². The third kappa shape index (κ3) is 2.56. The monoisotopic (exact) mass is 251 g/mol. The Hall–Kier alpha value is -1.36. The number of carboxylic acid groups (broad SMARTS) is 1. The van der Waals surface area contributed by atoms with Gasteiger partial charge in [-0.25, -0.2) is 4.98 Å². The third-order valence-electron chi connectivity index (χ3n) is 3.90. The number of hydrogen-bond acceptors (Lipinski definition) is 3. The van der Waals surface area contributed by atoms with Crippen molar-refractivity contribution in [2.75, 3.05) is 13.1 Å². The van der Waals surface area contributed by atoms with Crippen molar-refractivity contribution in [3.05, 3.63) is 18.2 Å². The molecule has 0 amide bonds. The zero-order chi connectivity index (χ0) is 13.3. The molecule has 5 nitrogen and oxygen atoms in total. The van der Waals surface area contributed by atoms with Crippen LogP contribution in [0.1, 0.15) is 19.7 Å². The smallest absolute Gasteiger partial charge is 0.308 e. The van der Waals surface area contributed by atoms with Crippen LogP contribution in [-0.4, -0.2) is 38.6 Å². The second-order valence-corrected chi connectivity index (χ2v) is 5.50. The molecule has 1 saturated heterocycles. The summed E-state index contributed by atoms with van der Waals surface area (Å²) in [4.78, 5) is 17.8. The number of likely N-dealkylation sites (tertiary alicyclic amines) is 1. The largest absolute Gasteiger partial charge is 0.481 e. The van der Waals surface area contributed by atoms with E-state index in [2.05, 4.69) is 23.7 Å². The van der Waals surface area contributed by atoms with E-state index in [4.69, 9.17) is 0 Å². The number of imidazole rings is 1.